The molecule has 2 aromatic rings. The fourth-order valence-corrected chi connectivity index (χ4v) is 2.58. The van der Waals surface area contributed by atoms with Crippen molar-refractivity contribution in [2.45, 2.75) is 26.3 Å². The van der Waals surface area contributed by atoms with Gasteiger partial charge >= 0.3 is 0 Å². The molecule has 1 aromatic heterocycles. The second-order valence-corrected chi connectivity index (χ2v) is 5.84. The Bertz CT molecular complexity index is 474. The lowest BCUT2D eigenvalue weighted by Gasteiger charge is -2.15. The van der Waals surface area contributed by atoms with Crippen molar-refractivity contribution < 1.29 is 0 Å². The minimum absolute atomic E-state index is 0.242. The summed E-state index contributed by atoms with van der Waals surface area (Å²) in [4.78, 5) is 2.51. The molecule has 1 nitrogen and oxygen atoms in total. The number of hydrogen-bond donors (Lipinski definition) is 1. The van der Waals surface area contributed by atoms with Crippen molar-refractivity contribution in [1.29, 1.82) is 0 Å². The Morgan fingerprint density at radius 3 is 2.12 bits per heavy atom. The molecule has 1 heterocycles. The molecule has 0 aliphatic carbocycles. The molecule has 0 saturated carbocycles. The third-order valence-electron chi connectivity index (χ3n) is 2.58. The van der Waals surface area contributed by atoms with E-state index in [1.807, 2.05) is 13.8 Å². The summed E-state index contributed by atoms with van der Waals surface area (Å²) in [5.74, 6) is 0. The van der Waals surface area contributed by atoms with Gasteiger partial charge < -0.3 is 5.73 Å². The third kappa shape index (κ3) is 2.34. The van der Waals surface area contributed by atoms with E-state index in [1.165, 1.54) is 20.9 Å². The predicted octanol–water partition coefficient (Wildman–Crippen LogP) is 3.92. The lowest BCUT2D eigenvalue weighted by Crippen LogP contribution is -2.27. The Hall–Kier alpha value is -1.12. The molecule has 0 aliphatic heterocycles. The smallest absolute Gasteiger partial charge is 0.0446 e. The number of nitrogens with two attached hydrogens (primary N) is 1. The molecular formula is C14H17NS. The van der Waals surface area contributed by atoms with Gasteiger partial charge in [-0.15, -0.1) is 11.3 Å². The summed E-state index contributed by atoms with van der Waals surface area (Å²) >= 11 is 1.77. The van der Waals surface area contributed by atoms with Gasteiger partial charge in [0.1, 0.15) is 0 Å². The van der Waals surface area contributed by atoms with Crippen LogP contribution in [0.3, 0.4) is 0 Å². The maximum Gasteiger partial charge on any atom is 0.0446 e. The molecule has 0 unspecified atom stereocenters. The summed E-state index contributed by atoms with van der Waals surface area (Å²) in [6, 6.07) is 12.9. The van der Waals surface area contributed by atoms with Crippen molar-refractivity contribution in [2.75, 3.05) is 0 Å². The highest BCUT2D eigenvalue weighted by Gasteiger charge is 2.16. The first-order chi connectivity index (χ1) is 7.47. The molecule has 16 heavy (non-hydrogen) atoms. The number of aryl methyl sites for hydroxylation is 1. The van der Waals surface area contributed by atoms with Gasteiger partial charge in [0.2, 0.25) is 0 Å². The quantitative estimate of drug-likeness (QED) is 0.833. The molecule has 0 bridgehead atoms. The van der Waals surface area contributed by atoms with E-state index in [0.717, 1.165) is 0 Å². The summed E-state index contributed by atoms with van der Waals surface area (Å²) in [6.07, 6.45) is 0. The van der Waals surface area contributed by atoms with Crippen LogP contribution in [0.4, 0.5) is 0 Å². The first-order valence-electron chi connectivity index (χ1n) is 5.43. The Kier molecular flexibility index (Phi) is 2.87. The van der Waals surface area contributed by atoms with E-state index in [0.29, 0.717) is 0 Å². The van der Waals surface area contributed by atoms with Gasteiger partial charge in [0, 0.05) is 15.3 Å². The molecule has 0 atom stereocenters. The van der Waals surface area contributed by atoms with Crippen molar-refractivity contribution in [3.05, 3.63) is 46.8 Å². The summed E-state index contributed by atoms with van der Waals surface area (Å²) in [6.45, 7) is 6.18. The molecule has 0 amide bonds. The number of benzene rings is 1. The molecule has 0 fully saturated rings. The summed E-state index contributed by atoms with van der Waals surface area (Å²) in [7, 11) is 0. The number of thiophene rings is 1. The minimum Gasteiger partial charge on any atom is -0.321 e. The SMILES string of the molecule is Cc1ccc(-c2ccc(C(C)(C)N)s2)cc1. The minimum atomic E-state index is -0.242. The van der Waals surface area contributed by atoms with Gasteiger partial charge in [0.15, 0.2) is 0 Å². The normalized spacial score (nSPS) is 11.8. The van der Waals surface area contributed by atoms with Gasteiger partial charge in [-0.05, 0) is 38.5 Å². The lowest BCUT2D eigenvalue weighted by molar-refractivity contribution is 0.567. The van der Waals surface area contributed by atoms with Gasteiger partial charge in [0.25, 0.3) is 0 Å². The Morgan fingerprint density at radius 2 is 1.62 bits per heavy atom. The van der Waals surface area contributed by atoms with Crippen LogP contribution in [0.1, 0.15) is 24.3 Å². The maximum atomic E-state index is 6.08. The second-order valence-electron chi connectivity index (χ2n) is 4.75. The van der Waals surface area contributed by atoms with Crippen molar-refractivity contribution in [3.8, 4) is 10.4 Å². The molecule has 84 valence electrons. The van der Waals surface area contributed by atoms with Crippen molar-refractivity contribution in [1.82, 2.24) is 0 Å². The largest absolute Gasteiger partial charge is 0.321 e. The Balaban J connectivity index is 2.35. The van der Waals surface area contributed by atoms with Gasteiger partial charge in [-0.25, -0.2) is 0 Å². The fourth-order valence-electron chi connectivity index (χ4n) is 1.56. The van der Waals surface area contributed by atoms with E-state index in [-0.39, 0.29) is 5.54 Å². The van der Waals surface area contributed by atoms with Crippen LogP contribution in [-0.2, 0) is 5.54 Å². The molecule has 0 saturated heterocycles. The summed E-state index contributed by atoms with van der Waals surface area (Å²) in [5.41, 5.74) is 8.40. The van der Waals surface area contributed by atoms with Gasteiger partial charge in [-0.1, -0.05) is 29.8 Å². The molecule has 2 N–H and O–H groups in total. The number of rotatable bonds is 2. The van der Waals surface area contributed by atoms with Crippen LogP contribution in [0.2, 0.25) is 0 Å². The van der Waals surface area contributed by atoms with E-state index in [4.69, 9.17) is 5.73 Å². The molecule has 2 rings (SSSR count). The first kappa shape index (κ1) is 11.4. The van der Waals surface area contributed by atoms with Crippen molar-refractivity contribution in [3.63, 3.8) is 0 Å². The molecular weight excluding hydrogens is 214 g/mol. The van der Waals surface area contributed by atoms with Gasteiger partial charge in [-0.3, -0.25) is 0 Å². The average molecular weight is 231 g/mol. The first-order valence-corrected chi connectivity index (χ1v) is 6.25. The van der Waals surface area contributed by atoms with Crippen LogP contribution < -0.4 is 5.73 Å². The molecule has 2 heteroatoms. The molecule has 0 aliphatic rings. The Labute approximate surface area is 101 Å². The second kappa shape index (κ2) is 4.04. The van der Waals surface area contributed by atoms with Crippen LogP contribution in [0.25, 0.3) is 10.4 Å². The summed E-state index contributed by atoms with van der Waals surface area (Å²) in [5, 5.41) is 0. The molecule has 1 aromatic carbocycles. The predicted molar refractivity (Wildman–Crippen MR) is 71.7 cm³/mol. The van der Waals surface area contributed by atoms with Crippen LogP contribution in [0, 0.1) is 6.92 Å². The molecule has 0 spiro atoms. The van der Waals surface area contributed by atoms with E-state index < -0.39 is 0 Å². The van der Waals surface area contributed by atoms with Crippen molar-refractivity contribution >= 4 is 11.3 Å². The topological polar surface area (TPSA) is 26.0 Å². The van der Waals surface area contributed by atoms with Crippen LogP contribution in [0.15, 0.2) is 36.4 Å². The highest BCUT2D eigenvalue weighted by Crippen LogP contribution is 2.32. The summed E-state index contributed by atoms with van der Waals surface area (Å²) < 4.78 is 0. The maximum absolute atomic E-state index is 6.08. The zero-order valence-corrected chi connectivity index (χ0v) is 10.8. The van der Waals surface area contributed by atoms with E-state index in [2.05, 4.69) is 43.3 Å². The van der Waals surface area contributed by atoms with E-state index in [9.17, 15) is 0 Å². The zero-order chi connectivity index (χ0) is 11.8. The highest BCUT2D eigenvalue weighted by molar-refractivity contribution is 7.15. The fraction of sp³-hybridized carbons (Fsp3) is 0.286. The molecule has 0 radical (unpaired) electrons. The third-order valence-corrected chi connectivity index (χ3v) is 4.05. The highest BCUT2D eigenvalue weighted by atomic mass is 32.1. The van der Waals surface area contributed by atoms with Crippen LogP contribution in [0.5, 0.6) is 0 Å². The number of hydrogen-bond acceptors (Lipinski definition) is 2. The van der Waals surface area contributed by atoms with Gasteiger partial charge in [0.05, 0.1) is 0 Å². The van der Waals surface area contributed by atoms with Crippen LogP contribution in [-0.4, -0.2) is 0 Å². The van der Waals surface area contributed by atoms with E-state index >= 15 is 0 Å². The zero-order valence-electron chi connectivity index (χ0n) is 9.95. The van der Waals surface area contributed by atoms with Gasteiger partial charge in [-0.2, -0.15) is 0 Å². The van der Waals surface area contributed by atoms with E-state index in [1.54, 1.807) is 11.3 Å². The lowest BCUT2D eigenvalue weighted by atomic mass is 10.1. The average Bonchev–Trinajstić information content (AvgIpc) is 2.67. The van der Waals surface area contributed by atoms with Crippen molar-refractivity contribution in [2.24, 2.45) is 5.73 Å². The Morgan fingerprint density at radius 1 is 1.00 bits per heavy atom. The standard InChI is InChI=1S/C14H17NS/c1-10-4-6-11(7-5-10)12-8-9-13(16-12)14(2,3)15/h4-9H,15H2,1-3H3. The monoisotopic (exact) mass is 231 g/mol. The van der Waals surface area contributed by atoms with Crippen LogP contribution >= 0.6 is 11.3 Å².